The molecule has 2 atom stereocenters. The van der Waals surface area contributed by atoms with Crippen molar-refractivity contribution in [2.24, 2.45) is 11.8 Å². The highest BCUT2D eigenvalue weighted by Crippen LogP contribution is 2.35. The molecular formula is C23H26N4O2S. The van der Waals surface area contributed by atoms with Gasteiger partial charge in [0.25, 0.3) is 0 Å². The third-order valence-electron chi connectivity index (χ3n) is 6.36. The predicted octanol–water partition coefficient (Wildman–Crippen LogP) is 2.84. The zero-order valence-corrected chi connectivity index (χ0v) is 17.8. The Morgan fingerprint density at radius 2 is 1.53 bits per heavy atom. The topological polar surface area (TPSA) is 56.8 Å². The molecule has 5 rings (SSSR count). The first-order chi connectivity index (χ1) is 14.7. The van der Waals surface area contributed by atoms with Crippen LogP contribution in [-0.2, 0) is 16.1 Å². The second-order valence-corrected chi connectivity index (χ2v) is 9.16. The van der Waals surface area contributed by atoms with Crippen molar-refractivity contribution in [3.05, 3.63) is 53.6 Å². The number of aromatic nitrogens is 1. The molecule has 2 amide bonds. The van der Waals surface area contributed by atoms with Crippen LogP contribution in [0.15, 0.2) is 47.9 Å². The molecule has 0 spiro atoms. The monoisotopic (exact) mass is 422 g/mol. The van der Waals surface area contributed by atoms with Crippen molar-refractivity contribution in [2.45, 2.75) is 19.4 Å². The van der Waals surface area contributed by atoms with Crippen LogP contribution in [0.4, 0.5) is 0 Å². The molecule has 1 aliphatic carbocycles. The molecule has 0 N–H and O–H groups in total. The number of hydrogen-bond donors (Lipinski definition) is 0. The Bertz CT molecular complexity index is 923. The molecule has 0 radical (unpaired) electrons. The SMILES string of the molecule is O=C1C2CC=CCC2C(=O)N1CN1CCN(Cc2csc(-c3ccccc3)n2)CC1. The fourth-order valence-corrected chi connectivity index (χ4v) is 5.44. The lowest BCUT2D eigenvalue weighted by Crippen LogP contribution is -2.51. The van der Waals surface area contributed by atoms with E-state index in [9.17, 15) is 9.59 Å². The Kier molecular flexibility index (Phi) is 5.50. The van der Waals surface area contributed by atoms with Crippen molar-refractivity contribution in [1.29, 1.82) is 0 Å². The van der Waals surface area contributed by atoms with E-state index in [1.54, 1.807) is 11.3 Å². The average molecular weight is 423 g/mol. The number of benzene rings is 1. The number of hydrogen-bond acceptors (Lipinski definition) is 6. The van der Waals surface area contributed by atoms with Gasteiger partial charge in [-0.1, -0.05) is 42.5 Å². The normalized spacial score (nSPS) is 25.1. The number of amides is 2. The molecule has 3 heterocycles. The second kappa shape index (κ2) is 8.41. The number of piperazine rings is 1. The molecule has 2 aliphatic heterocycles. The van der Waals surface area contributed by atoms with Crippen molar-refractivity contribution in [3.8, 4) is 10.6 Å². The first-order valence-electron chi connectivity index (χ1n) is 10.6. The molecule has 156 valence electrons. The van der Waals surface area contributed by atoms with Gasteiger partial charge in [-0.2, -0.15) is 0 Å². The van der Waals surface area contributed by atoms with Crippen molar-refractivity contribution < 1.29 is 9.59 Å². The van der Waals surface area contributed by atoms with Gasteiger partial charge in [0, 0.05) is 43.7 Å². The van der Waals surface area contributed by atoms with Crippen LogP contribution in [0.2, 0.25) is 0 Å². The highest BCUT2D eigenvalue weighted by atomic mass is 32.1. The van der Waals surface area contributed by atoms with Gasteiger partial charge in [0.15, 0.2) is 0 Å². The molecule has 2 fully saturated rings. The molecule has 2 aromatic rings. The van der Waals surface area contributed by atoms with E-state index < -0.39 is 0 Å². The van der Waals surface area contributed by atoms with E-state index in [1.165, 1.54) is 4.90 Å². The lowest BCUT2D eigenvalue weighted by atomic mass is 9.85. The number of thiazole rings is 1. The van der Waals surface area contributed by atoms with Crippen LogP contribution in [0.1, 0.15) is 18.5 Å². The van der Waals surface area contributed by atoms with Crippen LogP contribution in [-0.4, -0.2) is 64.3 Å². The maximum Gasteiger partial charge on any atom is 0.234 e. The summed E-state index contributed by atoms with van der Waals surface area (Å²) in [6, 6.07) is 10.3. The van der Waals surface area contributed by atoms with Gasteiger partial charge in [0.05, 0.1) is 24.2 Å². The van der Waals surface area contributed by atoms with Crippen molar-refractivity contribution in [2.75, 3.05) is 32.8 Å². The van der Waals surface area contributed by atoms with E-state index in [0.717, 1.165) is 49.0 Å². The van der Waals surface area contributed by atoms with Gasteiger partial charge in [-0.05, 0) is 12.8 Å². The first-order valence-corrected chi connectivity index (χ1v) is 11.5. The maximum absolute atomic E-state index is 12.7. The molecule has 30 heavy (non-hydrogen) atoms. The fraction of sp³-hybridized carbons (Fsp3) is 0.435. The molecule has 7 heteroatoms. The molecule has 2 saturated heterocycles. The number of nitrogens with zero attached hydrogens (tertiary/aromatic N) is 4. The zero-order chi connectivity index (χ0) is 20.5. The van der Waals surface area contributed by atoms with Crippen LogP contribution in [0, 0.1) is 11.8 Å². The number of fused-ring (bicyclic) bond motifs is 1. The van der Waals surface area contributed by atoms with E-state index in [1.807, 2.05) is 30.4 Å². The number of carbonyl (C=O) groups excluding carboxylic acids is 2. The highest BCUT2D eigenvalue weighted by molar-refractivity contribution is 7.13. The lowest BCUT2D eigenvalue weighted by molar-refractivity contribution is -0.142. The van der Waals surface area contributed by atoms with Gasteiger partial charge < -0.3 is 0 Å². The van der Waals surface area contributed by atoms with Crippen molar-refractivity contribution >= 4 is 23.2 Å². The summed E-state index contributed by atoms with van der Waals surface area (Å²) in [4.78, 5) is 36.3. The number of likely N-dealkylation sites (tertiary alicyclic amines) is 1. The summed E-state index contributed by atoms with van der Waals surface area (Å²) in [6.45, 7) is 4.84. The van der Waals surface area contributed by atoms with E-state index in [0.29, 0.717) is 19.5 Å². The first kappa shape index (κ1) is 19.6. The molecule has 0 saturated carbocycles. The zero-order valence-electron chi connectivity index (χ0n) is 16.9. The maximum atomic E-state index is 12.7. The summed E-state index contributed by atoms with van der Waals surface area (Å²) in [6.07, 6.45) is 5.49. The Balaban J connectivity index is 1.13. The van der Waals surface area contributed by atoms with E-state index in [2.05, 4.69) is 27.3 Å². The molecule has 2 unspecified atom stereocenters. The number of imide groups is 1. The largest absolute Gasteiger partial charge is 0.295 e. The van der Waals surface area contributed by atoms with Crippen molar-refractivity contribution in [1.82, 2.24) is 19.7 Å². The van der Waals surface area contributed by atoms with E-state index in [-0.39, 0.29) is 23.7 Å². The van der Waals surface area contributed by atoms with E-state index in [4.69, 9.17) is 4.98 Å². The van der Waals surface area contributed by atoms with E-state index >= 15 is 0 Å². The van der Waals surface area contributed by atoms with Gasteiger partial charge in [-0.15, -0.1) is 11.3 Å². The lowest BCUT2D eigenvalue weighted by Gasteiger charge is -2.35. The Morgan fingerprint density at radius 1 is 0.900 bits per heavy atom. The van der Waals surface area contributed by atoms with Crippen LogP contribution in [0.25, 0.3) is 10.6 Å². The minimum atomic E-state index is -0.132. The Hall–Kier alpha value is -2.35. The van der Waals surface area contributed by atoms with Gasteiger partial charge in [0.2, 0.25) is 11.8 Å². The van der Waals surface area contributed by atoms with Gasteiger partial charge in [-0.3, -0.25) is 24.3 Å². The summed E-state index contributed by atoms with van der Waals surface area (Å²) in [5.74, 6) is -0.222. The smallest absolute Gasteiger partial charge is 0.234 e. The minimum Gasteiger partial charge on any atom is -0.295 e. The third-order valence-corrected chi connectivity index (χ3v) is 7.30. The summed E-state index contributed by atoms with van der Waals surface area (Å²) in [5, 5.41) is 3.21. The molecule has 1 aromatic carbocycles. The molecular weight excluding hydrogens is 396 g/mol. The Labute approximate surface area is 180 Å². The minimum absolute atomic E-state index is 0.0210. The highest BCUT2D eigenvalue weighted by Gasteiger charge is 2.47. The summed E-state index contributed by atoms with van der Waals surface area (Å²) < 4.78 is 0. The molecule has 6 nitrogen and oxygen atoms in total. The van der Waals surface area contributed by atoms with Gasteiger partial charge in [-0.25, -0.2) is 4.98 Å². The Morgan fingerprint density at radius 3 is 2.20 bits per heavy atom. The van der Waals surface area contributed by atoms with Crippen molar-refractivity contribution in [3.63, 3.8) is 0 Å². The standard InChI is InChI=1S/C23H26N4O2S/c28-22-19-8-4-5-9-20(19)23(29)27(22)16-26-12-10-25(11-13-26)14-18-15-30-21(24-18)17-6-2-1-3-7-17/h1-7,15,19-20H,8-14,16H2. The predicted molar refractivity (Wildman–Crippen MR) is 116 cm³/mol. The average Bonchev–Trinajstić information content (AvgIpc) is 3.35. The van der Waals surface area contributed by atoms with Crippen LogP contribution < -0.4 is 0 Å². The van der Waals surface area contributed by atoms with Crippen LogP contribution in [0.3, 0.4) is 0 Å². The number of allylic oxidation sites excluding steroid dienone is 2. The number of carbonyl (C=O) groups is 2. The molecule has 0 bridgehead atoms. The quantitative estimate of drug-likeness (QED) is 0.548. The summed E-state index contributed by atoms with van der Waals surface area (Å²) in [5.41, 5.74) is 2.27. The fourth-order valence-electron chi connectivity index (χ4n) is 4.62. The van der Waals surface area contributed by atoms with Crippen LogP contribution in [0.5, 0.6) is 0 Å². The van der Waals surface area contributed by atoms with Gasteiger partial charge in [0.1, 0.15) is 5.01 Å². The third kappa shape index (κ3) is 3.85. The second-order valence-electron chi connectivity index (χ2n) is 8.31. The molecule has 3 aliphatic rings. The summed E-state index contributed by atoms with van der Waals surface area (Å²) >= 11 is 1.69. The van der Waals surface area contributed by atoms with Crippen LogP contribution >= 0.6 is 11.3 Å². The van der Waals surface area contributed by atoms with Gasteiger partial charge >= 0.3 is 0 Å². The molecule has 1 aromatic heterocycles. The number of rotatable bonds is 5. The summed E-state index contributed by atoms with van der Waals surface area (Å²) in [7, 11) is 0.